The number of nitrogens with two attached hydrogens (primary N) is 1. The lowest BCUT2D eigenvalue weighted by Crippen LogP contribution is -2.18. The number of nitrogen functional groups attached to an aromatic ring is 1. The molecular weight excluding hydrogens is 497 g/mol. The molecule has 0 saturated heterocycles. The molecule has 0 aliphatic rings. The van der Waals surface area contributed by atoms with Gasteiger partial charge in [0.2, 0.25) is 0 Å². The van der Waals surface area contributed by atoms with Crippen molar-refractivity contribution in [1.82, 2.24) is 24.7 Å². The Morgan fingerprint density at radius 1 is 1.18 bits per heavy atom. The number of hydrogen-bond acceptors (Lipinski definition) is 8. The first-order valence-corrected chi connectivity index (χ1v) is 11.2. The minimum atomic E-state index is -0.833. The van der Waals surface area contributed by atoms with Crippen LogP contribution in [0, 0.1) is 11.2 Å². The molecule has 1 atom stereocenters. The summed E-state index contributed by atoms with van der Waals surface area (Å²) >= 11 is 0. The number of H-pyrrole nitrogens is 1. The van der Waals surface area contributed by atoms with Crippen molar-refractivity contribution in [3.63, 3.8) is 0 Å². The summed E-state index contributed by atoms with van der Waals surface area (Å²) < 4.78 is 26.3. The predicted molar refractivity (Wildman–Crippen MR) is 136 cm³/mol. The number of benzene rings is 2. The van der Waals surface area contributed by atoms with Gasteiger partial charge in [-0.2, -0.15) is 0 Å². The fraction of sp³-hybridized carbons (Fsp3) is 0.200. The molecular formula is C25H26FN7O5. The topological polar surface area (TPSA) is 182 Å². The summed E-state index contributed by atoms with van der Waals surface area (Å²) in [5.41, 5.74) is 6.97. The number of halogens is 1. The number of carboxylic acids is 1. The van der Waals surface area contributed by atoms with Crippen LogP contribution in [0.25, 0.3) is 5.95 Å². The smallest absolute Gasteiger partial charge is 0.350 e. The SMILES string of the molecule is CC(=O)O.COc1cc(C(Cc2ccc(C(=N)N)cc2)c2nn(-c3ncccn3)c(=O)[nH]2)cc(F)c1OC. The summed E-state index contributed by atoms with van der Waals surface area (Å²) in [4.78, 5) is 32.5. The average Bonchev–Trinajstić information content (AvgIpc) is 3.28. The van der Waals surface area contributed by atoms with E-state index in [4.69, 9.17) is 30.5 Å². The molecule has 2 aromatic carbocycles. The first-order valence-electron chi connectivity index (χ1n) is 11.2. The van der Waals surface area contributed by atoms with Gasteiger partial charge in [-0.05, 0) is 35.7 Å². The number of ether oxygens (including phenoxy) is 2. The van der Waals surface area contributed by atoms with Crippen molar-refractivity contribution in [3.05, 3.63) is 93.7 Å². The molecule has 0 aliphatic heterocycles. The molecule has 0 amide bonds. The number of carboxylic acid groups (broad SMARTS) is 1. The standard InChI is InChI=1S/C23H22FN7O3.C2H4O2/c1-33-18-12-15(11-17(24)19(18)34-2)16(10-13-4-6-14(7-5-13)20(25)26)21-29-23(32)31(30-21)22-27-8-3-9-28-22;1-2(3)4/h3-9,11-12,16H,10H2,1-2H3,(H3,25,26)(H,29,30,32);1H3,(H,3,4). The lowest BCUT2D eigenvalue weighted by molar-refractivity contribution is -0.134. The zero-order valence-corrected chi connectivity index (χ0v) is 20.8. The molecule has 13 heteroatoms. The molecule has 0 bridgehead atoms. The molecule has 0 fully saturated rings. The molecule has 0 spiro atoms. The molecule has 4 aromatic rings. The Bertz CT molecular complexity index is 1470. The minimum absolute atomic E-state index is 0.0208. The van der Waals surface area contributed by atoms with Crippen LogP contribution in [-0.2, 0) is 11.2 Å². The van der Waals surface area contributed by atoms with E-state index in [9.17, 15) is 9.18 Å². The van der Waals surface area contributed by atoms with Gasteiger partial charge in [0.25, 0.3) is 11.9 Å². The molecule has 2 aromatic heterocycles. The Balaban J connectivity index is 0.000000934. The van der Waals surface area contributed by atoms with E-state index in [-0.39, 0.29) is 23.3 Å². The van der Waals surface area contributed by atoms with Crippen LogP contribution in [0.1, 0.15) is 35.4 Å². The number of nitrogens with one attached hydrogen (secondary N) is 2. The van der Waals surface area contributed by atoms with Crippen LogP contribution in [0.4, 0.5) is 4.39 Å². The number of aliphatic carboxylic acids is 1. The van der Waals surface area contributed by atoms with Gasteiger partial charge in [-0.25, -0.2) is 19.2 Å². The molecule has 4 rings (SSSR count). The van der Waals surface area contributed by atoms with E-state index in [0.717, 1.165) is 17.2 Å². The Hall–Kier alpha value is -5.07. The molecule has 5 N–H and O–H groups in total. The maximum absolute atomic E-state index is 14.8. The van der Waals surface area contributed by atoms with E-state index in [2.05, 4.69) is 20.1 Å². The normalized spacial score (nSPS) is 11.2. The summed E-state index contributed by atoms with van der Waals surface area (Å²) in [6.45, 7) is 1.08. The monoisotopic (exact) mass is 523 g/mol. The fourth-order valence-electron chi connectivity index (χ4n) is 3.60. The third-order valence-electron chi connectivity index (χ3n) is 5.27. The van der Waals surface area contributed by atoms with E-state index in [0.29, 0.717) is 23.4 Å². The highest BCUT2D eigenvalue weighted by Gasteiger charge is 2.24. The van der Waals surface area contributed by atoms with Crippen molar-refractivity contribution in [1.29, 1.82) is 5.41 Å². The van der Waals surface area contributed by atoms with Gasteiger partial charge >= 0.3 is 5.69 Å². The van der Waals surface area contributed by atoms with E-state index >= 15 is 0 Å². The second-order valence-electron chi connectivity index (χ2n) is 7.90. The Kier molecular flexibility index (Phi) is 8.87. The van der Waals surface area contributed by atoms with Gasteiger partial charge in [0.1, 0.15) is 11.7 Å². The second kappa shape index (κ2) is 12.3. The number of aromatic nitrogens is 5. The highest BCUT2D eigenvalue weighted by molar-refractivity contribution is 5.94. The zero-order valence-electron chi connectivity index (χ0n) is 20.8. The van der Waals surface area contributed by atoms with Crippen LogP contribution in [0.5, 0.6) is 11.5 Å². The quantitative estimate of drug-likeness (QED) is 0.199. The Morgan fingerprint density at radius 2 is 1.82 bits per heavy atom. The molecule has 0 saturated carbocycles. The van der Waals surface area contributed by atoms with Gasteiger partial charge < -0.3 is 20.3 Å². The zero-order chi connectivity index (χ0) is 27.8. The number of nitrogens with zero attached hydrogens (tertiary/aromatic N) is 4. The molecule has 2 heterocycles. The summed E-state index contributed by atoms with van der Waals surface area (Å²) in [7, 11) is 2.77. The highest BCUT2D eigenvalue weighted by Crippen LogP contribution is 2.36. The van der Waals surface area contributed by atoms with Crippen LogP contribution in [0.3, 0.4) is 0 Å². The van der Waals surface area contributed by atoms with Gasteiger partial charge in [0, 0.05) is 30.8 Å². The lowest BCUT2D eigenvalue weighted by atomic mass is 9.90. The summed E-state index contributed by atoms with van der Waals surface area (Å²) in [5, 5.41) is 19.4. The van der Waals surface area contributed by atoms with Gasteiger partial charge in [-0.1, -0.05) is 24.3 Å². The van der Waals surface area contributed by atoms with Gasteiger partial charge in [-0.3, -0.25) is 15.2 Å². The van der Waals surface area contributed by atoms with Crippen LogP contribution in [0.2, 0.25) is 0 Å². The van der Waals surface area contributed by atoms with Gasteiger partial charge in [0.05, 0.1) is 14.2 Å². The predicted octanol–water partition coefficient (Wildman–Crippen LogP) is 2.26. The van der Waals surface area contributed by atoms with Crippen LogP contribution in [-0.4, -0.2) is 55.9 Å². The molecule has 0 radical (unpaired) electrons. The van der Waals surface area contributed by atoms with Crippen molar-refractivity contribution in [2.75, 3.05) is 14.2 Å². The van der Waals surface area contributed by atoms with Crippen LogP contribution in [0.15, 0.2) is 59.7 Å². The number of hydrogen-bond donors (Lipinski definition) is 4. The highest BCUT2D eigenvalue weighted by atomic mass is 19.1. The second-order valence-corrected chi connectivity index (χ2v) is 7.90. The molecule has 12 nitrogen and oxygen atoms in total. The van der Waals surface area contributed by atoms with Crippen molar-refractivity contribution in [2.45, 2.75) is 19.3 Å². The molecule has 198 valence electrons. The number of methoxy groups -OCH3 is 2. The third-order valence-corrected chi connectivity index (χ3v) is 5.27. The first-order chi connectivity index (χ1) is 18.1. The minimum Gasteiger partial charge on any atom is -0.493 e. The van der Waals surface area contributed by atoms with Crippen molar-refractivity contribution < 1.29 is 23.8 Å². The van der Waals surface area contributed by atoms with E-state index in [1.54, 1.807) is 24.3 Å². The Labute approximate surface area is 216 Å². The number of aromatic amines is 1. The van der Waals surface area contributed by atoms with E-state index < -0.39 is 23.4 Å². The van der Waals surface area contributed by atoms with Crippen molar-refractivity contribution in [2.24, 2.45) is 5.73 Å². The largest absolute Gasteiger partial charge is 0.493 e. The average molecular weight is 524 g/mol. The van der Waals surface area contributed by atoms with E-state index in [1.807, 2.05) is 12.1 Å². The molecule has 0 aliphatic carbocycles. The lowest BCUT2D eigenvalue weighted by Gasteiger charge is -2.18. The first kappa shape index (κ1) is 27.5. The summed E-state index contributed by atoms with van der Waals surface area (Å²) in [6, 6.07) is 11.7. The summed E-state index contributed by atoms with van der Waals surface area (Å²) in [6.07, 6.45) is 3.36. The van der Waals surface area contributed by atoms with Crippen molar-refractivity contribution in [3.8, 4) is 17.4 Å². The fourth-order valence-corrected chi connectivity index (χ4v) is 3.60. The van der Waals surface area contributed by atoms with Crippen LogP contribution >= 0.6 is 0 Å². The number of rotatable bonds is 8. The van der Waals surface area contributed by atoms with Crippen molar-refractivity contribution >= 4 is 11.8 Å². The third kappa shape index (κ3) is 6.57. The maximum atomic E-state index is 14.8. The van der Waals surface area contributed by atoms with Crippen LogP contribution < -0.4 is 20.9 Å². The molecule has 1 unspecified atom stereocenters. The number of carbonyl (C=O) groups is 1. The number of amidine groups is 1. The molecule has 38 heavy (non-hydrogen) atoms. The summed E-state index contributed by atoms with van der Waals surface area (Å²) in [5.74, 6) is -1.46. The van der Waals surface area contributed by atoms with Gasteiger partial charge in [0.15, 0.2) is 17.3 Å². The maximum Gasteiger partial charge on any atom is 0.350 e. The van der Waals surface area contributed by atoms with Gasteiger partial charge in [-0.15, -0.1) is 9.78 Å². The van der Waals surface area contributed by atoms with E-state index in [1.165, 1.54) is 32.7 Å². The Morgan fingerprint density at radius 3 is 2.37 bits per heavy atom.